The Labute approximate surface area is 278 Å². The van der Waals surface area contributed by atoms with Gasteiger partial charge < -0.3 is 15.0 Å². The molecular weight excluding hydrogens is 611 g/mol. The number of ether oxygens (including phenoxy) is 1. The van der Waals surface area contributed by atoms with E-state index in [9.17, 15) is 18.0 Å². The molecule has 2 amide bonds. The smallest absolute Gasteiger partial charge is 0.264 e. The summed E-state index contributed by atoms with van der Waals surface area (Å²) in [5.41, 5.74) is 3.17. The van der Waals surface area contributed by atoms with Crippen LogP contribution < -0.4 is 14.4 Å². The lowest BCUT2D eigenvalue weighted by atomic mass is 9.94. The second kappa shape index (κ2) is 15.8. The number of rotatable bonds is 13. The van der Waals surface area contributed by atoms with E-state index in [1.807, 2.05) is 61.5 Å². The third-order valence-corrected chi connectivity index (χ3v) is 10.5. The van der Waals surface area contributed by atoms with E-state index in [0.717, 1.165) is 53.1 Å². The molecule has 1 N–H and O–H groups in total. The molecule has 8 nitrogen and oxygen atoms in total. The second-order valence-corrected chi connectivity index (χ2v) is 13.9. The third-order valence-electron chi connectivity index (χ3n) is 8.67. The summed E-state index contributed by atoms with van der Waals surface area (Å²) in [6.45, 7) is 1.64. The Balaban J connectivity index is 1.54. The van der Waals surface area contributed by atoms with Crippen molar-refractivity contribution in [1.29, 1.82) is 0 Å². The molecule has 47 heavy (non-hydrogen) atoms. The Kier molecular flexibility index (Phi) is 11.3. The Morgan fingerprint density at radius 3 is 2.04 bits per heavy atom. The van der Waals surface area contributed by atoms with Crippen molar-refractivity contribution in [3.8, 4) is 5.75 Å². The summed E-state index contributed by atoms with van der Waals surface area (Å²) in [6, 6.07) is 31.3. The zero-order valence-corrected chi connectivity index (χ0v) is 27.9. The molecule has 0 saturated heterocycles. The van der Waals surface area contributed by atoms with Crippen LogP contribution in [-0.2, 0) is 32.6 Å². The van der Waals surface area contributed by atoms with Crippen LogP contribution in [0.2, 0.25) is 0 Å². The Morgan fingerprint density at radius 1 is 0.809 bits per heavy atom. The van der Waals surface area contributed by atoms with E-state index in [1.165, 1.54) is 19.2 Å². The molecule has 0 bridgehead atoms. The van der Waals surface area contributed by atoms with Crippen molar-refractivity contribution in [2.45, 2.75) is 69.0 Å². The van der Waals surface area contributed by atoms with Crippen molar-refractivity contribution < 1.29 is 22.7 Å². The number of hydrogen-bond acceptors (Lipinski definition) is 5. The van der Waals surface area contributed by atoms with E-state index < -0.39 is 28.5 Å². The van der Waals surface area contributed by atoms with Gasteiger partial charge in [0.1, 0.15) is 18.3 Å². The number of benzene rings is 4. The molecule has 246 valence electrons. The van der Waals surface area contributed by atoms with Crippen LogP contribution >= 0.6 is 0 Å². The van der Waals surface area contributed by atoms with Crippen LogP contribution in [0.3, 0.4) is 0 Å². The second-order valence-electron chi connectivity index (χ2n) is 12.1. The van der Waals surface area contributed by atoms with E-state index in [1.54, 1.807) is 47.4 Å². The lowest BCUT2D eigenvalue weighted by molar-refractivity contribution is -0.140. The molecule has 0 aromatic heterocycles. The molecule has 1 fully saturated rings. The monoisotopic (exact) mass is 653 g/mol. The number of sulfonamides is 1. The molecule has 1 aliphatic carbocycles. The van der Waals surface area contributed by atoms with Crippen LogP contribution in [0.25, 0.3) is 0 Å². The number of nitrogens with zero attached hydrogens (tertiary/aromatic N) is 2. The molecule has 0 spiro atoms. The van der Waals surface area contributed by atoms with Crippen molar-refractivity contribution in [2.24, 2.45) is 0 Å². The van der Waals surface area contributed by atoms with E-state index >= 15 is 0 Å². The van der Waals surface area contributed by atoms with Gasteiger partial charge in [0, 0.05) is 19.0 Å². The number of nitrogens with one attached hydrogen (secondary N) is 1. The van der Waals surface area contributed by atoms with Crippen molar-refractivity contribution in [3.05, 3.63) is 126 Å². The molecule has 9 heteroatoms. The molecule has 5 rings (SSSR count). The maximum atomic E-state index is 14.6. The van der Waals surface area contributed by atoms with Gasteiger partial charge in [-0.2, -0.15) is 0 Å². The van der Waals surface area contributed by atoms with Gasteiger partial charge in [0.25, 0.3) is 10.0 Å². The van der Waals surface area contributed by atoms with Gasteiger partial charge in [-0.15, -0.1) is 0 Å². The average Bonchev–Trinajstić information content (AvgIpc) is 3.10. The zero-order chi connectivity index (χ0) is 33.2. The summed E-state index contributed by atoms with van der Waals surface area (Å²) in [5.74, 6) is -0.194. The molecular formula is C38H43N3O5S. The van der Waals surface area contributed by atoms with Crippen molar-refractivity contribution in [1.82, 2.24) is 10.2 Å². The first-order valence-electron chi connectivity index (χ1n) is 16.2. The summed E-state index contributed by atoms with van der Waals surface area (Å²) in [7, 11) is -2.67. The number of methoxy groups -OCH3 is 1. The summed E-state index contributed by atoms with van der Waals surface area (Å²) in [5, 5.41) is 3.24. The number of para-hydroxylation sites is 1. The fraction of sp³-hybridized carbons (Fsp3) is 0.316. The van der Waals surface area contributed by atoms with Crippen molar-refractivity contribution in [3.63, 3.8) is 0 Å². The molecule has 1 saturated carbocycles. The minimum absolute atomic E-state index is 0.0240. The molecule has 0 unspecified atom stereocenters. The summed E-state index contributed by atoms with van der Waals surface area (Å²) >= 11 is 0. The number of amides is 2. The van der Waals surface area contributed by atoms with E-state index in [0.29, 0.717) is 11.4 Å². The average molecular weight is 654 g/mol. The fourth-order valence-corrected chi connectivity index (χ4v) is 7.40. The van der Waals surface area contributed by atoms with Gasteiger partial charge in [-0.25, -0.2) is 8.42 Å². The Morgan fingerprint density at radius 2 is 1.43 bits per heavy atom. The van der Waals surface area contributed by atoms with Crippen molar-refractivity contribution in [2.75, 3.05) is 18.0 Å². The van der Waals surface area contributed by atoms with Crippen molar-refractivity contribution >= 4 is 27.5 Å². The largest absolute Gasteiger partial charge is 0.497 e. The first-order chi connectivity index (χ1) is 22.7. The maximum Gasteiger partial charge on any atom is 0.264 e. The van der Waals surface area contributed by atoms with E-state index in [2.05, 4.69) is 5.32 Å². The third kappa shape index (κ3) is 8.80. The van der Waals surface area contributed by atoms with Crippen LogP contribution in [0.5, 0.6) is 5.75 Å². The highest BCUT2D eigenvalue weighted by molar-refractivity contribution is 7.92. The Hall–Kier alpha value is -4.63. The fourth-order valence-electron chi connectivity index (χ4n) is 5.99. The first-order valence-corrected chi connectivity index (χ1v) is 17.6. The lowest BCUT2D eigenvalue weighted by Crippen LogP contribution is -2.55. The summed E-state index contributed by atoms with van der Waals surface area (Å²) < 4.78 is 34.7. The molecule has 1 atom stereocenters. The SMILES string of the molecule is COc1ccc(S(=O)(=O)N(CC(=O)N(Cc2ccc(C)cc2)[C@@H](Cc2ccccc2)C(=O)NC2CCCCC2)c2ccccc2)cc1. The molecule has 1 aliphatic rings. The highest BCUT2D eigenvalue weighted by atomic mass is 32.2. The quantitative estimate of drug-likeness (QED) is 0.183. The van der Waals surface area contributed by atoms with Gasteiger partial charge in [0.2, 0.25) is 11.8 Å². The number of carbonyl (C=O) groups excluding carboxylic acids is 2. The number of anilines is 1. The molecule has 0 radical (unpaired) electrons. The predicted octanol–water partition coefficient (Wildman–Crippen LogP) is 6.29. The molecule has 4 aromatic carbocycles. The lowest BCUT2D eigenvalue weighted by Gasteiger charge is -2.35. The number of carbonyl (C=O) groups is 2. The highest BCUT2D eigenvalue weighted by Gasteiger charge is 2.35. The predicted molar refractivity (Wildman–Crippen MR) is 185 cm³/mol. The van der Waals surface area contributed by atoms with E-state index in [4.69, 9.17) is 4.74 Å². The van der Waals surface area contributed by atoms with Gasteiger partial charge in [-0.3, -0.25) is 13.9 Å². The number of hydrogen-bond donors (Lipinski definition) is 1. The maximum absolute atomic E-state index is 14.6. The standard InChI is InChI=1S/C38H43N3O5S/c1-29-18-20-31(21-19-29)27-40(36(26-30-12-6-3-7-13-30)38(43)39-32-14-8-4-9-15-32)37(42)28-41(33-16-10-5-11-17-33)47(44,45)35-24-22-34(46-2)23-25-35/h3,5-7,10-13,16-25,32,36H,4,8-9,14-15,26-28H2,1-2H3,(H,39,43)/t36-/m0/s1. The van der Waals surface area contributed by atoms with Gasteiger partial charge >= 0.3 is 0 Å². The number of aryl methyl sites for hydroxylation is 1. The van der Waals surface area contributed by atoms with Crippen LogP contribution in [0.15, 0.2) is 114 Å². The van der Waals surface area contributed by atoms with E-state index in [-0.39, 0.29) is 29.8 Å². The topological polar surface area (TPSA) is 96.0 Å². The van der Waals surface area contributed by atoms with Crippen LogP contribution in [0.4, 0.5) is 5.69 Å². The first kappa shape index (κ1) is 33.7. The van der Waals surface area contributed by atoms with Crippen LogP contribution in [0.1, 0.15) is 48.8 Å². The highest BCUT2D eigenvalue weighted by Crippen LogP contribution is 2.26. The van der Waals surface area contributed by atoms with Gasteiger partial charge in [-0.1, -0.05) is 97.6 Å². The minimum atomic E-state index is -4.18. The van der Waals surface area contributed by atoms with Crippen LogP contribution in [-0.4, -0.2) is 50.9 Å². The molecule has 0 aliphatic heterocycles. The van der Waals surface area contributed by atoms with Gasteiger partial charge in [-0.05, 0) is 67.3 Å². The Bertz CT molecular complexity index is 1710. The normalized spacial score (nSPS) is 14.2. The van der Waals surface area contributed by atoms with Gasteiger partial charge in [0.15, 0.2) is 0 Å². The zero-order valence-electron chi connectivity index (χ0n) is 27.0. The van der Waals surface area contributed by atoms with Gasteiger partial charge in [0.05, 0.1) is 17.7 Å². The molecule has 0 heterocycles. The molecule has 4 aromatic rings. The van der Waals surface area contributed by atoms with Crippen LogP contribution in [0, 0.1) is 6.92 Å². The minimum Gasteiger partial charge on any atom is -0.497 e. The summed E-state index contributed by atoms with van der Waals surface area (Å²) in [4.78, 5) is 30.4. The summed E-state index contributed by atoms with van der Waals surface area (Å²) in [6.07, 6.45) is 5.34.